The highest BCUT2D eigenvalue weighted by Crippen LogP contribution is 2.32. The fourth-order valence-corrected chi connectivity index (χ4v) is 4.75. The van der Waals surface area contributed by atoms with Crippen molar-refractivity contribution in [3.8, 4) is 11.5 Å². The van der Waals surface area contributed by atoms with E-state index < -0.39 is 6.16 Å². The lowest BCUT2D eigenvalue weighted by Gasteiger charge is -2.18. The van der Waals surface area contributed by atoms with Gasteiger partial charge in [-0.1, -0.05) is 112 Å². The van der Waals surface area contributed by atoms with Crippen LogP contribution in [-0.4, -0.2) is 6.16 Å². The number of carbonyl (C=O) groups excluding carboxylic acids is 1. The van der Waals surface area contributed by atoms with E-state index in [9.17, 15) is 4.79 Å². The van der Waals surface area contributed by atoms with Crippen LogP contribution in [0.4, 0.5) is 4.79 Å². The normalized spacial score (nSPS) is 12.5. The van der Waals surface area contributed by atoms with Gasteiger partial charge in [0.2, 0.25) is 0 Å². The summed E-state index contributed by atoms with van der Waals surface area (Å²) < 4.78 is 10.9. The number of carbonyl (C=O) groups is 1. The minimum atomic E-state index is -0.739. The van der Waals surface area contributed by atoms with Crippen molar-refractivity contribution in [1.29, 1.82) is 0 Å². The highest BCUT2D eigenvalue weighted by Gasteiger charge is 2.16. The Morgan fingerprint density at radius 3 is 1.19 bits per heavy atom. The van der Waals surface area contributed by atoms with E-state index in [2.05, 4.69) is 62.4 Å². The molecular formula is C33H34O3. The van der Waals surface area contributed by atoms with E-state index in [1.54, 1.807) is 0 Å². The minimum absolute atomic E-state index is 0.322. The zero-order valence-corrected chi connectivity index (χ0v) is 21.1. The number of rotatable bonds is 10. The Balaban J connectivity index is 1.38. The number of hydrogen-bond acceptors (Lipinski definition) is 3. The van der Waals surface area contributed by atoms with Gasteiger partial charge in [-0.2, -0.15) is 0 Å². The van der Waals surface area contributed by atoms with Gasteiger partial charge in [0.15, 0.2) is 0 Å². The quantitative estimate of drug-likeness (QED) is 0.168. The van der Waals surface area contributed by atoms with Gasteiger partial charge in [-0.05, 0) is 59.4 Å². The fourth-order valence-electron chi connectivity index (χ4n) is 4.75. The molecule has 184 valence electrons. The first-order valence-corrected chi connectivity index (χ1v) is 12.9. The molecule has 0 bridgehead atoms. The van der Waals surface area contributed by atoms with Gasteiger partial charge in [0.25, 0.3) is 0 Å². The van der Waals surface area contributed by atoms with Crippen molar-refractivity contribution in [3.63, 3.8) is 0 Å². The monoisotopic (exact) mass is 478 g/mol. The van der Waals surface area contributed by atoms with Gasteiger partial charge < -0.3 is 9.47 Å². The van der Waals surface area contributed by atoms with Crippen LogP contribution in [0.2, 0.25) is 0 Å². The number of ether oxygens (including phenoxy) is 2. The molecule has 0 fully saturated rings. The molecule has 3 nitrogen and oxygen atoms in total. The Labute approximate surface area is 214 Å². The molecule has 0 aliphatic carbocycles. The second-order valence-corrected chi connectivity index (χ2v) is 9.10. The SMILES string of the molecule is CCCC(c1ccccc1)c1ccc(OC(=O)Oc2ccc(C(CCC)c3ccccc3)cc2)cc1. The molecule has 36 heavy (non-hydrogen) atoms. The van der Waals surface area contributed by atoms with Crippen molar-refractivity contribution >= 4 is 6.16 Å². The first-order valence-electron chi connectivity index (χ1n) is 12.9. The molecule has 2 atom stereocenters. The molecule has 3 heteroatoms. The standard InChI is InChI=1S/C33H34O3/c1-3-11-31(25-13-7-5-8-14-25)27-17-21-29(22-18-27)35-33(34)36-30-23-19-28(20-24-30)32(12-4-2)26-15-9-6-10-16-26/h5-10,13-24,31-32H,3-4,11-12H2,1-2H3. The molecule has 0 aliphatic rings. The first-order chi connectivity index (χ1) is 17.7. The predicted molar refractivity (Wildman–Crippen MR) is 146 cm³/mol. The third-order valence-electron chi connectivity index (χ3n) is 6.53. The van der Waals surface area contributed by atoms with E-state index in [0.29, 0.717) is 23.3 Å². The Hall–Kier alpha value is -3.85. The summed E-state index contributed by atoms with van der Waals surface area (Å²) in [6.07, 6.45) is 3.56. The molecule has 4 rings (SSSR count). The average Bonchev–Trinajstić information content (AvgIpc) is 2.92. The fraction of sp³-hybridized carbons (Fsp3) is 0.242. The highest BCUT2D eigenvalue weighted by molar-refractivity contribution is 5.67. The third-order valence-corrected chi connectivity index (χ3v) is 6.53. The Bertz CT molecular complexity index is 1100. The minimum Gasteiger partial charge on any atom is -0.395 e. The van der Waals surface area contributed by atoms with Gasteiger partial charge in [0.1, 0.15) is 11.5 Å². The summed E-state index contributed by atoms with van der Waals surface area (Å²) in [5, 5.41) is 0. The molecule has 0 amide bonds. The summed E-state index contributed by atoms with van der Waals surface area (Å²) in [6.45, 7) is 4.39. The third kappa shape index (κ3) is 6.63. The van der Waals surface area contributed by atoms with Gasteiger partial charge in [0, 0.05) is 11.8 Å². The maximum atomic E-state index is 12.4. The molecular weight excluding hydrogens is 444 g/mol. The summed E-state index contributed by atoms with van der Waals surface area (Å²) in [5.74, 6) is 1.58. The van der Waals surface area contributed by atoms with Crippen LogP contribution in [0.15, 0.2) is 109 Å². The van der Waals surface area contributed by atoms with Crippen molar-refractivity contribution < 1.29 is 14.3 Å². The number of hydrogen-bond donors (Lipinski definition) is 0. The molecule has 0 aromatic heterocycles. The maximum absolute atomic E-state index is 12.4. The highest BCUT2D eigenvalue weighted by atomic mass is 16.7. The Morgan fingerprint density at radius 1 is 0.528 bits per heavy atom. The second-order valence-electron chi connectivity index (χ2n) is 9.10. The van der Waals surface area contributed by atoms with E-state index in [1.165, 1.54) is 22.3 Å². The second kappa shape index (κ2) is 12.7. The largest absolute Gasteiger partial charge is 0.519 e. The van der Waals surface area contributed by atoms with E-state index in [4.69, 9.17) is 9.47 Å². The zero-order chi connectivity index (χ0) is 25.2. The smallest absolute Gasteiger partial charge is 0.395 e. The van der Waals surface area contributed by atoms with Crippen LogP contribution >= 0.6 is 0 Å². The van der Waals surface area contributed by atoms with Crippen LogP contribution in [0.25, 0.3) is 0 Å². The molecule has 0 radical (unpaired) electrons. The van der Waals surface area contributed by atoms with Crippen LogP contribution in [0.5, 0.6) is 11.5 Å². The van der Waals surface area contributed by atoms with E-state index in [1.807, 2.05) is 60.7 Å². The molecule has 0 saturated heterocycles. The van der Waals surface area contributed by atoms with Crippen molar-refractivity contribution in [3.05, 3.63) is 131 Å². The van der Waals surface area contributed by atoms with Crippen molar-refractivity contribution in [2.45, 2.75) is 51.4 Å². The van der Waals surface area contributed by atoms with Crippen molar-refractivity contribution in [2.24, 2.45) is 0 Å². The van der Waals surface area contributed by atoms with Gasteiger partial charge in [-0.15, -0.1) is 0 Å². The topological polar surface area (TPSA) is 35.5 Å². The number of benzene rings is 4. The molecule has 0 spiro atoms. The molecule has 0 aliphatic heterocycles. The van der Waals surface area contributed by atoms with E-state index in [-0.39, 0.29) is 0 Å². The van der Waals surface area contributed by atoms with Crippen LogP contribution in [0, 0.1) is 0 Å². The molecule has 4 aromatic rings. The first kappa shape index (κ1) is 25.2. The lowest BCUT2D eigenvalue weighted by Crippen LogP contribution is -2.14. The molecule has 2 unspecified atom stereocenters. The van der Waals surface area contributed by atoms with Crippen LogP contribution < -0.4 is 9.47 Å². The van der Waals surface area contributed by atoms with Crippen LogP contribution in [-0.2, 0) is 0 Å². The van der Waals surface area contributed by atoms with Gasteiger partial charge in [0.05, 0.1) is 0 Å². The zero-order valence-electron chi connectivity index (χ0n) is 21.1. The molecule has 0 N–H and O–H groups in total. The lowest BCUT2D eigenvalue weighted by molar-refractivity contribution is 0.152. The molecule has 0 heterocycles. The summed E-state index contributed by atoms with van der Waals surface area (Å²) in [7, 11) is 0. The van der Waals surface area contributed by atoms with Crippen LogP contribution in [0.1, 0.15) is 73.6 Å². The van der Waals surface area contributed by atoms with Gasteiger partial charge >= 0.3 is 6.16 Å². The van der Waals surface area contributed by atoms with Gasteiger partial charge in [-0.3, -0.25) is 0 Å². The summed E-state index contributed by atoms with van der Waals surface area (Å²) >= 11 is 0. The summed E-state index contributed by atoms with van der Waals surface area (Å²) in [5.41, 5.74) is 5.01. The van der Waals surface area contributed by atoms with Crippen molar-refractivity contribution in [2.75, 3.05) is 0 Å². The lowest BCUT2D eigenvalue weighted by atomic mass is 9.88. The average molecular weight is 479 g/mol. The Morgan fingerprint density at radius 2 is 0.861 bits per heavy atom. The Kier molecular flexibility index (Phi) is 8.93. The summed E-state index contributed by atoms with van der Waals surface area (Å²) in [4.78, 5) is 12.4. The van der Waals surface area contributed by atoms with E-state index in [0.717, 1.165) is 25.7 Å². The molecule has 4 aromatic carbocycles. The van der Waals surface area contributed by atoms with Gasteiger partial charge in [-0.25, -0.2) is 4.79 Å². The van der Waals surface area contributed by atoms with Crippen LogP contribution in [0.3, 0.4) is 0 Å². The summed E-state index contributed by atoms with van der Waals surface area (Å²) in [6, 6.07) is 36.5. The van der Waals surface area contributed by atoms with E-state index >= 15 is 0 Å². The molecule has 0 saturated carbocycles. The predicted octanol–water partition coefficient (Wildman–Crippen LogP) is 9.13. The maximum Gasteiger partial charge on any atom is 0.519 e. The van der Waals surface area contributed by atoms with Crippen molar-refractivity contribution in [1.82, 2.24) is 0 Å².